The maximum atomic E-state index is 11.2. The summed E-state index contributed by atoms with van der Waals surface area (Å²) < 4.78 is 0. The van der Waals surface area contributed by atoms with Crippen molar-refractivity contribution in [3.05, 3.63) is 32.8 Å². The number of anilines is 1. The summed E-state index contributed by atoms with van der Waals surface area (Å²) in [6, 6.07) is 2.09. The summed E-state index contributed by atoms with van der Waals surface area (Å²) in [6.07, 6.45) is 2.09. The molecule has 0 saturated heterocycles. The van der Waals surface area contributed by atoms with Crippen molar-refractivity contribution in [1.29, 1.82) is 0 Å². The number of rotatable bonds is 5. The number of carboxylic acid groups (broad SMARTS) is 1. The van der Waals surface area contributed by atoms with Crippen molar-refractivity contribution in [2.24, 2.45) is 5.92 Å². The number of nitro groups is 1. The first-order valence-electron chi connectivity index (χ1n) is 6.53. The normalized spacial score (nSPS) is 21.2. The zero-order valence-corrected chi connectivity index (χ0v) is 11.8. The summed E-state index contributed by atoms with van der Waals surface area (Å²) in [7, 11) is 0. The van der Waals surface area contributed by atoms with Gasteiger partial charge in [0.1, 0.15) is 0 Å². The van der Waals surface area contributed by atoms with E-state index in [-0.39, 0.29) is 27.9 Å². The van der Waals surface area contributed by atoms with Crippen LogP contribution in [-0.4, -0.2) is 33.8 Å². The van der Waals surface area contributed by atoms with Crippen LogP contribution in [0.4, 0.5) is 11.4 Å². The van der Waals surface area contributed by atoms with E-state index in [1.54, 1.807) is 0 Å². The molecule has 0 spiro atoms. The van der Waals surface area contributed by atoms with Crippen LogP contribution in [-0.2, 0) is 0 Å². The molecule has 0 radical (unpaired) electrons. The van der Waals surface area contributed by atoms with Crippen molar-refractivity contribution in [1.82, 2.24) is 0 Å². The number of carboxylic acids is 1. The third kappa shape index (κ3) is 3.43. The minimum Gasteiger partial charge on any atom is -0.478 e. The number of hydrogen-bond donors (Lipinski definition) is 3. The number of aromatic carboxylic acids is 1. The van der Waals surface area contributed by atoms with E-state index in [9.17, 15) is 20.0 Å². The fourth-order valence-corrected chi connectivity index (χ4v) is 2.82. The second-order valence-electron chi connectivity index (χ2n) is 5.05. The second kappa shape index (κ2) is 6.28. The second-order valence-corrected chi connectivity index (χ2v) is 5.46. The van der Waals surface area contributed by atoms with Gasteiger partial charge in [0.2, 0.25) is 0 Å². The number of aliphatic hydroxyl groups excluding tert-OH is 1. The largest absolute Gasteiger partial charge is 0.478 e. The molecule has 1 fully saturated rings. The highest BCUT2D eigenvalue weighted by Crippen LogP contribution is 2.33. The van der Waals surface area contributed by atoms with Gasteiger partial charge in [-0.05, 0) is 12.8 Å². The van der Waals surface area contributed by atoms with Gasteiger partial charge >= 0.3 is 5.97 Å². The summed E-state index contributed by atoms with van der Waals surface area (Å²) in [5, 5.41) is 32.6. The standard InChI is InChI=1S/C13H15ClN2O5/c14-10-5-8(16(20)21)4-9(13(18)19)12(10)15-6-7-2-1-3-11(7)17/h4-5,7,11,15,17H,1-3,6H2,(H,18,19). The van der Waals surface area contributed by atoms with Gasteiger partial charge in [-0.3, -0.25) is 10.1 Å². The summed E-state index contributed by atoms with van der Waals surface area (Å²) in [5.74, 6) is -1.27. The average Bonchev–Trinajstić information content (AvgIpc) is 2.81. The van der Waals surface area contributed by atoms with Gasteiger partial charge in [0, 0.05) is 24.6 Å². The molecule has 8 heteroatoms. The number of halogens is 1. The molecule has 0 aliphatic heterocycles. The Morgan fingerprint density at radius 3 is 2.71 bits per heavy atom. The molecule has 1 aromatic carbocycles. The van der Waals surface area contributed by atoms with E-state index in [0.29, 0.717) is 6.54 Å². The first kappa shape index (κ1) is 15.5. The van der Waals surface area contributed by atoms with Crippen molar-refractivity contribution in [2.75, 3.05) is 11.9 Å². The Kier molecular flexibility index (Phi) is 4.64. The summed E-state index contributed by atoms with van der Waals surface area (Å²) in [4.78, 5) is 21.3. The molecule has 0 bridgehead atoms. The average molecular weight is 315 g/mol. The van der Waals surface area contributed by atoms with Gasteiger partial charge in [0.25, 0.3) is 5.69 Å². The highest BCUT2D eigenvalue weighted by atomic mass is 35.5. The lowest BCUT2D eigenvalue weighted by atomic mass is 10.1. The first-order chi connectivity index (χ1) is 9.90. The zero-order chi connectivity index (χ0) is 15.6. The smallest absolute Gasteiger partial charge is 0.338 e. The Balaban J connectivity index is 2.25. The molecule has 2 atom stereocenters. The molecule has 2 rings (SSSR count). The maximum Gasteiger partial charge on any atom is 0.338 e. The molecule has 0 heterocycles. The number of nitro benzene ring substituents is 1. The number of benzene rings is 1. The Bertz CT molecular complexity index is 578. The highest BCUT2D eigenvalue weighted by Gasteiger charge is 2.26. The predicted octanol–water partition coefficient (Wildman–Crippen LogP) is 2.52. The number of non-ortho nitro benzene ring substituents is 1. The molecule has 114 valence electrons. The molecule has 1 saturated carbocycles. The molecule has 0 amide bonds. The Morgan fingerprint density at radius 1 is 1.48 bits per heavy atom. The highest BCUT2D eigenvalue weighted by molar-refractivity contribution is 6.34. The molecule has 2 unspecified atom stereocenters. The van der Waals surface area contributed by atoms with Gasteiger partial charge in [-0.25, -0.2) is 4.79 Å². The number of carbonyl (C=O) groups is 1. The third-order valence-corrected chi connectivity index (χ3v) is 3.97. The number of nitrogens with zero attached hydrogens (tertiary/aromatic N) is 1. The van der Waals surface area contributed by atoms with Gasteiger partial charge in [0.15, 0.2) is 0 Å². The van der Waals surface area contributed by atoms with Gasteiger partial charge in [0.05, 0.1) is 27.3 Å². The van der Waals surface area contributed by atoms with E-state index in [4.69, 9.17) is 16.7 Å². The van der Waals surface area contributed by atoms with Crippen LogP contribution in [0.2, 0.25) is 5.02 Å². The third-order valence-electron chi connectivity index (χ3n) is 3.68. The Hall–Kier alpha value is -1.86. The SMILES string of the molecule is O=C(O)c1cc([N+](=O)[O-])cc(Cl)c1NCC1CCCC1O. The van der Waals surface area contributed by atoms with Crippen molar-refractivity contribution >= 4 is 28.9 Å². The van der Waals surface area contributed by atoms with Crippen LogP contribution >= 0.6 is 11.6 Å². The fourth-order valence-electron chi connectivity index (χ4n) is 2.53. The maximum absolute atomic E-state index is 11.2. The summed E-state index contributed by atoms with van der Waals surface area (Å²) in [6.45, 7) is 0.374. The lowest BCUT2D eigenvalue weighted by Crippen LogP contribution is -2.23. The predicted molar refractivity (Wildman–Crippen MR) is 76.9 cm³/mol. The number of aliphatic hydroxyl groups is 1. The molecular weight excluding hydrogens is 300 g/mol. The van der Waals surface area contributed by atoms with Crippen molar-refractivity contribution in [3.8, 4) is 0 Å². The Labute approximate surface area is 125 Å². The van der Waals surface area contributed by atoms with E-state index in [1.165, 1.54) is 0 Å². The quantitative estimate of drug-likeness (QED) is 0.568. The van der Waals surface area contributed by atoms with Crippen molar-refractivity contribution in [3.63, 3.8) is 0 Å². The molecule has 7 nitrogen and oxygen atoms in total. The lowest BCUT2D eigenvalue weighted by molar-refractivity contribution is -0.384. The van der Waals surface area contributed by atoms with Crippen LogP contribution in [0.3, 0.4) is 0 Å². The van der Waals surface area contributed by atoms with Crippen molar-refractivity contribution < 1.29 is 19.9 Å². The van der Waals surface area contributed by atoms with Crippen LogP contribution < -0.4 is 5.32 Å². The molecule has 3 N–H and O–H groups in total. The number of nitrogens with one attached hydrogen (secondary N) is 1. The van der Waals surface area contributed by atoms with Crippen LogP contribution in [0, 0.1) is 16.0 Å². The van der Waals surface area contributed by atoms with Gasteiger partial charge in [-0.2, -0.15) is 0 Å². The molecule has 0 aromatic heterocycles. The molecule has 21 heavy (non-hydrogen) atoms. The van der Waals surface area contributed by atoms with Crippen LogP contribution in [0.5, 0.6) is 0 Å². The lowest BCUT2D eigenvalue weighted by Gasteiger charge is -2.18. The fraction of sp³-hybridized carbons (Fsp3) is 0.462. The summed E-state index contributed by atoms with van der Waals surface area (Å²) in [5.41, 5.74) is -0.473. The monoisotopic (exact) mass is 314 g/mol. The zero-order valence-electron chi connectivity index (χ0n) is 11.1. The molecule has 1 aliphatic rings. The first-order valence-corrected chi connectivity index (χ1v) is 6.91. The minimum absolute atomic E-state index is 0.0194. The van der Waals surface area contributed by atoms with E-state index >= 15 is 0 Å². The van der Waals surface area contributed by atoms with Crippen LogP contribution in [0.15, 0.2) is 12.1 Å². The van der Waals surface area contributed by atoms with Crippen LogP contribution in [0.25, 0.3) is 0 Å². The molecular formula is C13H15ClN2O5. The number of hydrogen-bond acceptors (Lipinski definition) is 5. The molecule has 1 aliphatic carbocycles. The van der Waals surface area contributed by atoms with Crippen molar-refractivity contribution in [2.45, 2.75) is 25.4 Å². The minimum atomic E-state index is -1.30. The Morgan fingerprint density at radius 2 is 2.19 bits per heavy atom. The van der Waals surface area contributed by atoms with Gasteiger partial charge in [-0.15, -0.1) is 0 Å². The van der Waals surface area contributed by atoms with Gasteiger partial charge in [-0.1, -0.05) is 18.0 Å². The van der Waals surface area contributed by atoms with E-state index in [2.05, 4.69) is 5.32 Å². The molecule has 1 aromatic rings. The summed E-state index contributed by atoms with van der Waals surface area (Å²) >= 11 is 5.95. The van der Waals surface area contributed by atoms with Crippen LogP contribution in [0.1, 0.15) is 29.6 Å². The topological polar surface area (TPSA) is 113 Å². The van der Waals surface area contributed by atoms with Gasteiger partial charge < -0.3 is 15.5 Å². The van der Waals surface area contributed by atoms with E-state index in [1.807, 2.05) is 0 Å². The van der Waals surface area contributed by atoms with E-state index < -0.39 is 17.0 Å². The van der Waals surface area contributed by atoms with E-state index in [0.717, 1.165) is 31.4 Å².